The summed E-state index contributed by atoms with van der Waals surface area (Å²) in [6.07, 6.45) is -3.08. The smallest absolute Gasteiger partial charge is 0.355 e. The van der Waals surface area contributed by atoms with Gasteiger partial charge in [0.25, 0.3) is 0 Å². The van der Waals surface area contributed by atoms with Crippen molar-refractivity contribution in [1.29, 1.82) is 0 Å². The van der Waals surface area contributed by atoms with E-state index in [4.69, 9.17) is 0 Å². The lowest BCUT2D eigenvalue weighted by Gasteiger charge is -2.25. The SMILES string of the molecule is CN=C(NCCN1C(=O)CCCC1=O)NC(C)c1cccc(C(F)(F)F)c1.I. The minimum absolute atomic E-state index is 0. The highest BCUT2D eigenvalue weighted by Crippen LogP contribution is 2.30. The van der Waals surface area contributed by atoms with Crippen LogP contribution in [0.2, 0.25) is 0 Å². The monoisotopic (exact) mass is 512 g/mol. The van der Waals surface area contributed by atoms with Gasteiger partial charge < -0.3 is 10.6 Å². The summed E-state index contributed by atoms with van der Waals surface area (Å²) in [5.74, 6) is -0.00141. The summed E-state index contributed by atoms with van der Waals surface area (Å²) in [6.45, 7) is 2.24. The molecule has 6 nitrogen and oxygen atoms in total. The van der Waals surface area contributed by atoms with Gasteiger partial charge in [0.05, 0.1) is 11.6 Å². The maximum Gasteiger partial charge on any atom is 0.416 e. The van der Waals surface area contributed by atoms with Crippen molar-refractivity contribution >= 4 is 41.8 Å². The van der Waals surface area contributed by atoms with Crippen molar-refractivity contribution in [2.45, 2.75) is 38.4 Å². The molecular formula is C18H24F3IN4O2. The maximum absolute atomic E-state index is 12.9. The Hall–Kier alpha value is -1.85. The molecule has 156 valence electrons. The van der Waals surface area contributed by atoms with E-state index in [0.29, 0.717) is 37.3 Å². The van der Waals surface area contributed by atoms with Crippen LogP contribution in [0.15, 0.2) is 29.3 Å². The van der Waals surface area contributed by atoms with Crippen LogP contribution in [0.3, 0.4) is 0 Å². The zero-order valence-corrected chi connectivity index (χ0v) is 18.0. The summed E-state index contributed by atoms with van der Waals surface area (Å²) in [4.78, 5) is 28.8. The Morgan fingerprint density at radius 3 is 2.46 bits per heavy atom. The molecule has 0 radical (unpaired) electrons. The van der Waals surface area contributed by atoms with Crippen LogP contribution in [0, 0.1) is 0 Å². The van der Waals surface area contributed by atoms with Crippen LogP contribution >= 0.6 is 24.0 Å². The van der Waals surface area contributed by atoms with Gasteiger partial charge in [-0.3, -0.25) is 19.5 Å². The number of alkyl halides is 3. The number of aliphatic imine (C=N–C) groups is 1. The van der Waals surface area contributed by atoms with Gasteiger partial charge in [-0.1, -0.05) is 12.1 Å². The summed E-state index contributed by atoms with van der Waals surface area (Å²) in [5, 5.41) is 5.98. The van der Waals surface area contributed by atoms with E-state index in [1.54, 1.807) is 13.0 Å². The lowest BCUT2D eigenvalue weighted by atomic mass is 10.1. The van der Waals surface area contributed by atoms with E-state index >= 15 is 0 Å². The van der Waals surface area contributed by atoms with Crippen molar-refractivity contribution in [3.8, 4) is 0 Å². The molecule has 1 fully saturated rings. The van der Waals surface area contributed by atoms with E-state index in [1.165, 1.54) is 18.0 Å². The standard InChI is InChI=1S/C18H23F3N4O2.HI/c1-12(13-5-3-6-14(11-13)18(19,20)21)24-17(22-2)23-9-10-25-15(26)7-4-8-16(25)27;/h3,5-6,11-12H,4,7-10H2,1-2H3,(H2,22,23,24);1H. The summed E-state index contributed by atoms with van der Waals surface area (Å²) < 4.78 is 38.6. The maximum atomic E-state index is 12.9. The van der Waals surface area contributed by atoms with Gasteiger partial charge in [-0.2, -0.15) is 13.2 Å². The van der Waals surface area contributed by atoms with Crippen molar-refractivity contribution in [3.05, 3.63) is 35.4 Å². The van der Waals surface area contributed by atoms with Gasteiger partial charge in [0.15, 0.2) is 5.96 Å². The van der Waals surface area contributed by atoms with Crippen LogP contribution in [0.5, 0.6) is 0 Å². The van der Waals surface area contributed by atoms with Crippen molar-refractivity contribution in [2.75, 3.05) is 20.1 Å². The van der Waals surface area contributed by atoms with Gasteiger partial charge in [-0.05, 0) is 31.0 Å². The van der Waals surface area contributed by atoms with Crippen LogP contribution < -0.4 is 10.6 Å². The molecule has 1 unspecified atom stereocenters. The Labute approximate surface area is 179 Å². The first-order valence-electron chi connectivity index (χ1n) is 8.70. The molecule has 1 aliphatic rings. The number of imide groups is 1. The molecule has 2 amide bonds. The second-order valence-electron chi connectivity index (χ2n) is 6.28. The average Bonchev–Trinajstić information content (AvgIpc) is 2.62. The second-order valence-corrected chi connectivity index (χ2v) is 6.28. The van der Waals surface area contributed by atoms with Crippen LogP contribution in [0.25, 0.3) is 0 Å². The zero-order valence-electron chi connectivity index (χ0n) is 15.7. The predicted molar refractivity (Wildman–Crippen MR) is 110 cm³/mol. The number of hydrogen-bond acceptors (Lipinski definition) is 3. The summed E-state index contributed by atoms with van der Waals surface area (Å²) >= 11 is 0. The molecular weight excluding hydrogens is 488 g/mol. The van der Waals surface area contributed by atoms with Gasteiger partial charge >= 0.3 is 6.18 Å². The van der Waals surface area contributed by atoms with Crippen molar-refractivity contribution in [1.82, 2.24) is 15.5 Å². The van der Waals surface area contributed by atoms with Gasteiger partial charge in [-0.15, -0.1) is 24.0 Å². The Morgan fingerprint density at radius 2 is 1.89 bits per heavy atom. The fourth-order valence-corrected chi connectivity index (χ4v) is 2.80. The van der Waals surface area contributed by atoms with E-state index in [0.717, 1.165) is 12.1 Å². The summed E-state index contributed by atoms with van der Waals surface area (Å²) in [6, 6.07) is 4.66. The summed E-state index contributed by atoms with van der Waals surface area (Å²) in [5.41, 5.74) is -0.243. The molecule has 2 N–H and O–H groups in total. The first kappa shape index (κ1) is 24.2. The van der Waals surface area contributed by atoms with Gasteiger partial charge in [0, 0.05) is 33.0 Å². The molecule has 1 aromatic carbocycles. The molecule has 0 aliphatic carbocycles. The quantitative estimate of drug-likeness (QED) is 0.276. The highest BCUT2D eigenvalue weighted by Gasteiger charge is 2.30. The Bertz CT molecular complexity index is 709. The van der Waals surface area contributed by atoms with Crippen LogP contribution in [0.1, 0.15) is 43.4 Å². The van der Waals surface area contributed by atoms with Crippen molar-refractivity contribution in [2.24, 2.45) is 4.99 Å². The van der Waals surface area contributed by atoms with Gasteiger partial charge in [-0.25, -0.2) is 0 Å². The third-order valence-electron chi connectivity index (χ3n) is 4.30. The molecule has 10 heteroatoms. The number of nitrogens with zero attached hydrogens (tertiary/aromatic N) is 2. The van der Waals surface area contributed by atoms with Crippen molar-refractivity contribution in [3.63, 3.8) is 0 Å². The number of amides is 2. The lowest BCUT2D eigenvalue weighted by Crippen LogP contribution is -2.46. The number of likely N-dealkylation sites (tertiary alicyclic amines) is 1. The van der Waals surface area contributed by atoms with Crippen LogP contribution in [-0.4, -0.2) is 42.8 Å². The summed E-state index contributed by atoms with van der Waals surface area (Å²) in [7, 11) is 1.53. The van der Waals surface area contributed by atoms with E-state index in [-0.39, 0.29) is 42.3 Å². The topological polar surface area (TPSA) is 73.8 Å². The lowest BCUT2D eigenvalue weighted by molar-refractivity contribution is -0.147. The third-order valence-corrected chi connectivity index (χ3v) is 4.30. The first-order valence-corrected chi connectivity index (χ1v) is 8.70. The van der Waals surface area contributed by atoms with E-state index in [2.05, 4.69) is 15.6 Å². The molecule has 0 saturated carbocycles. The molecule has 28 heavy (non-hydrogen) atoms. The Balaban J connectivity index is 0.00000392. The number of rotatable bonds is 5. The van der Waals surface area contributed by atoms with Crippen LogP contribution in [0.4, 0.5) is 13.2 Å². The zero-order chi connectivity index (χ0) is 20.0. The molecule has 0 spiro atoms. The fraction of sp³-hybridized carbons (Fsp3) is 0.500. The number of benzene rings is 1. The molecule has 1 heterocycles. The highest BCUT2D eigenvalue weighted by molar-refractivity contribution is 14.0. The van der Waals surface area contributed by atoms with Gasteiger partial charge in [0.2, 0.25) is 11.8 Å². The van der Waals surface area contributed by atoms with Gasteiger partial charge in [0.1, 0.15) is 0 Å². The molecule has 2 rings (SSSR count). The first-order chi connectivity index (χ1) is 12.7. The van der Waals surface area contributed by atoms with Crippen LogP contribution in [-0.2, 0) is 15.8 Å². The molecule has 0 bridgehead atoms. The molecule has 1 saturated heterocycles. The minimum Gasteiger partial charge on any atom is -0.355 e. The number of halogens is 4. The third kappa shape index (κ3) is 6.64. The van der Waals surface area contributed by atoms with E-state index in [1.807, 2.05) is 0 Å². The number of carbonyl (C=O) groups is 2. The highest BCUT2D eigenvalue weighted by atomic mass is 127. The normalized spacial score (nSPS) is 16.5. The number of carbonyl (C=O) groups excluding carboxylic acids is 2. The predicted octanol–water partition coefficient (Wildman–Crippen LogP) is 3.09. The molecule has 1 aromatic rings. The second kappa shape index (κ2) is 10.6. The number of hydrogen-bond donors (Lipinski definition) is 2. The minimum atomic E-state index is -4.40. The molecule has 0 aromatic heterocycles. The van der Waals surface area contributed by atoms with E-state index < -0.39 is 17.8 Å². The van der Waals surface area contributed by atoms with E-state index in [9.17, 15) is 22.8 Å². The Kier molecular flexibility index (Phi) is 9.18. The number of guanidine groups is 1. The average molecular weight is 512 g/mol. The molecule has 1 atom stereocenters. The fourth-order valence-electron chi connectivity index (χ4n) is 2.80. The number of piperidine rings is 1. The molecule has 1 aliphatic heterocycles. The largest absolute Gasteiger partial charge is 0.416 e. The number of nitrogens with one attached hydrogen (secondary N) is 2. The van der Waals surface area contributed by atoms with Crippen molar-refractivity contribution < 1.29 is 22.8 Å². The Morgan fingerprint density at radius 1 is 1.25 bits per heavy atom.